The van der Waals surface area contributed by atoms with Gasteiger partial charge in [-0.3, -0.25) is 4.79 Å². The van der Waals surface area contributed by atoms with E-state index in [1.54, 1.807) is 12.4 Å². The highest BCUT2D eigenvalue weighted by atomic mass is 127. The van der Waals surface area contributed by atoms with Gasteiger partial charge in [0.1, 0.15) is 11.7 Å². The van der Waals surface area contributed by atoms with Crippen LogP contribution in [0.2, 0.25) is 0 Å². The predicted octanol–water partition coefficient (Wildman–Crippen LogP) is 2.80. The molecule has 0 saturated heterocycles. The maximum absolute atomic E-state index is 11.4. The Morgan fingerprint density at radius 2 is 1.95 bits per heavy atom. The SMILES string of the molecule is Cc1ccccc1CC(C(=O)O)c1ncc(I)cn1. The summed E-state index contributed by atoms with van der Waals surface area (Å²) in [5, 5.41) is 9.37. The average molecular weight is 368 g/mol. The monoisotopic (exact) mass is 368 g/mol. The molecular weight excluding hydrogens is 355 g/mol. The molecule has 0 radical (unpaired) electrons. The van der Waals surface area contributed by atoms with Gasteiger partial charge in [0.2, 0.25) is 0 Å². The number of aryl methyl sites for hydroxylation is 1. The summed E-state index contributed by atoms with van der Waals surface area (Å²) < 4.78 is 0.890. The summed E-state index contributed by atoms with van der Waals surface area (Å²) in [7, 11) is 0. The van der Waals surface area contributed by atoms with Crippen LogP contribution >= 0.6 is 22.6 Å². The summed E-state index contributed by atoms with van der Waals surface area (Å²) in [5.41, 5.74) is 2.09. The van der Waals surface area contributed by atoms with E-state index in [1.807, 2.05) is 31.2 Å². The van der Waals surface area contributed by atoms with Gasteiger partial charge in [0.25, 0.3) is 0 Å². The minimum Gasteiger partial charge on any atom is -0.481 e. The third-order valence-electron chi connectivity index (χ3n) is 2.94. The molecule has 1 unspecified atom stereocenters. The maximum Gasteiger partial charge on any atom is 0.314 e. The highest BCUT2D eigenvalue weighted by molar-refractivity contribution is 14.1. The molecule has 0 aliphatic carbocycles. The summed E-state index contributed by atoms with van der Waals surface area (Å²) in [6.45, 7) is 1.98. The number of carboxylic acid groups (broad SMARTS) is 1. The Kier molecular flexibility index (Phi) is 4.47. The molecule has 0 amide bonds. The Balaban J connectivity index is 2.29. The number of carboxylic acids is 1. The third-order valence-corrected chi connectivity index (χ3v) is 3.49. The number of carbonyl (C=O) groups is 1. The molecule has 4 nitrogen and oxygen atoms in total. The van der Waals surface area contributed by atoms with Crippen molar-refractivity contribution in [2.24, 2.45) is 0 Å². The Hall–Kier alpha value is -1.50. The fourth-order valence-corrected chi connectivity index (χ4v) is 2.13. The molecule has 2 aromatic rings. The molecule has 1 atom stereocenters. The van der Waals surface area contributed by atoms with Gasteiger partial charge in [-0.25, -0.2) is 9.97 Å². The van der Waals surface area contributed by atoms with Gasteiger partial charge in [-0.2, -0.15) is 0 Å². The van der Waals surface area contributed by atoms with Crippen molar-refractivity contribution in [2.45, 2.75) is 19.3 Å². The topological polar surface area (TPSA) is 63.1 Å². The molecule has 0 fully saturated rings. The molecule has 1 N–H and O–H groups in total. The Bertz CT molecular complexity index is 584. The molecule has 5 heteroatoms. The van der Waals surface area contributed by atoms with Crippen LogP contribution in [-0.2, 0) is 11.2 Å². The van der Waals surface area contributed by atoms with E-state index in [9.17, 15) is 9.90 Å². The smallest absolute Gasteiger partial charge is 0.314 e. The van der Waals surface area contributed by atoms with Gasteiger partial charge in [-0.05, 0) is 47.1 Å². The van der Waals surface area contributed by atoms with Gasteiger partial charge >= 0.3 is 5.97 Å². The van der Waals surface area contributed by atoms with Crippen LogP contribution in [0.5, 0.6) is 0 Å². The number of halogens is 1. The Morgan fingerprint density at radius 3 is 2.53 bits per heavy atom. The van der Waals surface area contributed by atoms with Crippen molar-refractivity contribution in [1.29, 1.82) is 0 Å². The molecule has 0 bridgehead atoms. The molecule has 0 spiro atoms. The lowest BCUT2D eigenvalue weighted by atomic mass is 9.95. The highest BCUT2D eigenvalue weighted by Gasteiger charge is 2.23. The zero-order chi connectivity index (χ0) is 13.8. The van der Waals surface area contributed by atoms with E-state index in [2.05, 4.69) is 32.6 Å². The van der Waals surface area contributed by atoms with E-state index in [0.29, 0.717) is 12.2 Å². The predicted molar refractivity (Wildman–Crippen MR) is 80.0 cm³/mol. The molecule has 0 aliphatic heterocycles. The van der Waals surface area contributed by atoms with Crippen molar-refractivity contribution >= 4 is 28.6 Å². The number of hydrogen-bond acceptors (Lipinski definition) is 3. The lowest BCUT2D eigenvalue weighted by Gasteiger charge is -2.12. The summed E-state index contributed by atoms with van der Waals surface area (Å²) in [6.07, 6.45) is 3.68. The summed E-state index contributed by atoms with van der Waals surface area (Å²) in [6, 6.07) is 7.77. The van der Waals surface area contributed by atoms with Crippen molar-refractivity contribution in [1.82, 2.24) is 9.97 Å². The van der Waals surface area contributed by atoms with Gasteiger partial charge in [0, 0.05) is 16.0 Å². The zero-order valence-electron chi connectivity index (χ0n) is 10.4. The van der Waals surface area contributed by atoms with Crippen LogP contribution in [0.3, 0.4) is 0 Å². The molecule has 19 heavy (non-hydrogen) atoms. The van der Waals surface area contributed by atoms with Gasteiger partial charge in [0.15, 0.2) is 0 Å². The number of nitrogens with zero attached hydrogens (tertiary/aromatic N) is 2. The van der Waals surface area contributed by atoms with Crippen molar-refractivity contribution in [2.75, 3.05) is 0 Å². The number of aliphatic carboxylic acids is 1. The second kappa shape index (κ2) is 6.10. The number of rotatable bonds is 4. The first-order chi connectivity index (χ1) is 9.08. The van der Waals surface area contributed by atoms with Crippen LogP contribution in [0.4, 0.5) is 0 Å². The fraction of sp³-hybridized carbons (Fsp3) is 0.214. The van der Waals surface area contributed by atoms with Crippen molar-refractivity contribution in [3.05, 3.63) is 57.2 Å². The molecular formula is C14H13IN2O2. The lowest BCUT2D eigenvalue weighted by Crippen LogP contribution is -2.17. The van der Waals surface area contributed by atoms with Crippen LogP contribution in [-0.4, -0.2) is 21.0 Å². The minimum absolute atomic E-state index is 0.358. The Morgan fingerprint density at radius 1 is 1.32 bits per heavy atom. The van der Waals surface area contributed by atoms with Crippen LogP contribution in [0, 0.1) is 10.5 Å². The van der Waals surface area contributed by atoms with Gasteiger partial charge in [-0.1, -0.05) is 24.3 Å². The second-order valence-electron chi connectivity index (χ2n) is 4.28. The molecule has 1 heterocycles. The number of aromatic nitrogens is 2. The van der Waals surface area contributed by atoms with Crippen LogP contribution < -0.4 is 0 Å². The van der Waals surface area contributed by atoms with Crippen LogP contribution in [0.15, 0.2) is 36.7 Å². The first kappa shape index (κ1) is 13.9. The maximum atomic E-state index is 11.4. The largest absolute Gasteiger partial charge is 0.481 e. The van der Waals surface area contributed by atoms with Gasteiger partial charge < -0.3 is 5.11 Å². The Labute approximate surface area is 125 Å². The fourth-order valence-electron chi connectivity index (χ4n) is 1.85. The molecule has 98 valence electrons. The highest BCUT2D eigenvalue weighted by Crippen LogP contribution is 2.20. The van der Waals surface area contributed by atoms with Crippen molar-refractivity contribution in [3.63, 3.8) is 0 Å². The first-order valence-electron chi connectivity index (χ1n) is 5.82. The summed E-state index contributed by atoms with van der Waals surface area (Å²) in [5.74, 6) is -1.25. The molecule has 0 aliphatic rings. The van der Waals surface area contributed by atoms with E-state index in [4.69, 9.17) is 0 Å². The number of hydrogen-bond donors (Lipinski definition) is 1. The van der Waals surface area contributed by atoms with Gasteiger partial charge in [-0.15, -0.1) is 0 Å². The average Bonchev–Trinajstić information content (AvgIpc) is 2.39. The number of benzene rings is 1. The summed E-state index contributed by atoms with van der Waals surface area (Å²) >= 11 is 2.09. The van der Waals surface area contributed by atoms with E-state index in [0.717, 1.165) is 14.7 Å². The van der Waals surface area contributed by atoms with Crippen molar-refractivity contribution in [3.8, 4) is 0 Å². The lowest BCUT2D eigenvalue weighted by molar-refractivity contribution is -0.139. The van der Waals surface area contributed by atoms with Crippen LogP contribution in [0.1, 0.15) is 22.9 Å². The molecule has 1 aromatic heterocycles. The molecule has 2 rings (SSSR count). The van der Waals surface area contributed by atoms with E-state index < -0.39 is 11.9 Å². The van der Waals surface area contributed by atoms with E-state index in [-0.39, 0.29) is 0 Å². The minimum atomic E-state index is -0.899. The van der Waals surface area contributed by atoms with E-state index in [1.165, 1.54) is 0 Å². The normalized spacial score (nSPS) is 12.1. The van der Waals surface area contributed by atoms with E-state index >= 15 is 0 Å². The zero-order valence-corrected chi connectivity index (χ0v) is 12.5. The molecule has 1 aromatic carbocycles. The van der Waals surface area contributed by atoms with Crippen molar-refractivity contribution < 1.29 is 9.90 Å². The first-order valence-corrected chi connectivity index (χ1v) is 6.90. The van der Waals surface area contributed by atoms with Crippen LogP contribution in [0.25, 0.3) is 0 Å². The third kappa shape index (κ3) is 3.50. The molecule has 0 saturated carbocycles. The summed E-state index contributed by atoms with van der Waals surface area (Å²) in [4.78, 5) is 19.7. The quantitative estimate of drug-likeness (QED) is 0.844. The standard InChI is InChI=1S/C14H13IN2O2/c1-9-4-2-3-5-10(9)6-12(14(18)19)13-16-7-11(15)8-17-13/h2-5,7-8,12H,6H2,1H3,(H,18,19). The van der Waals surface area contributed by atoms with Gasteiger partial charge in [0.05, 0.1) is 0 Å². The second-order valence-corrected chi connectivity index (χ2v) is 5.53.